The fourth-order valence-corrected chi connectivity index (χ4v) is 2.74. The Kier molecular flexibility index (Phi) is 4.21. The molecule has 138 valence electrons. The van der Waals surface area contributed by atoms with Crippen molar-refractivity contribution in [1.82, 2.24) is 0 Å². The molecule has 0 aliphatic heterocycles. The normalized spacial score (nSPS) is 10.7. The van der Waals surface area contributed by atoms with Gasteiger partial charge in [0.25, 0.3) is 0 Å². The van der Waals surface area contributed by atoms with E-state index in [0.717, 1.165) is 0 Å². The summed E-state index contributed by atoms with van der Waals surface area (Å²) in [6.07, 6.45) is 0. The molecule has 8 nitrogen and oxygen atoms in total. The third-order valence-electron chi connectivity index (χ3n) is 4.10. The van der Waals surface area contributed by atoms with E-state index in [2.05, 4.69) is 18.3 Å². The van der Waals surface area contributed by atoms with Crippen LogP contribution in [0.5, 0.6) is 0 Å². The summed E-state index contributed by atoms with van der Waals surface area (Å²) >= 11 is 0. The van der Waals surface area contributed by atoms with E-state index < -0.39 is 22.5 Å². The quantitative estimate of drug-likeness (QED) is 0.428. The molecule has 0 amide bonds. The fraction of sp³-hybridized carbons (Fsp3) is 0. The minimum atomic E-state index is -1.09. The molecule has 0 fully saturated rings. The number of hydrogen-bond donors (Lipinski definition) is 0. The van der Waals surface area contributed by atoms with Crippen molar-refractivity contribution in [2.24, 2.45) is 0 Å². The number of benzene rings is 3. The van der Waals surface area contributed by atoms with Crippen molar-refractivity contribution < 1.29 is 18.3 Å². The fourth-order valence-electron chi connectivity index (χ4n) is 2.74. The summed E-state index contributed by atoms with van der Waals surface area (Å²) in [6, 6.07) is 14.7. The van der Waals surface area contributed by atoms with Crippen molar-refractivity contribution in [2.75, 3.05) is 0 Å². The monoisotopic (exact) mass is 378 g/mol. The second-order valence-electron chi connectivity index (χ2n) is 5.77. The molecule has 5 rings (SSSR count). The van der Waals surface area contributed by atoms with Gasteiger partial charge in [-0.05, 0) is 41.1 Å². The third-order valence-corrected chi connectivity index (χ3v) is 4.10. The van der Waals surface area contributed by atoms with E-state index in [0.29, 0.717) is 10.8 Å². The highest BCUT2D eigenvalue weighted by atomic mass is 17.0. The lowest BCUT2D eigenvalue weighted by Crippen LogP contribution is -2.06. The second kappa shape index (κ2) is 6.84. The molecule has 3 aromatic carbocycles. The van der Waals surface area contributed by atoms with Gasteiger partial charge in [0.2, 0.25) is 0 Å². The van der Waals surface area contributed by atoms with Crippen LogP contribution in [0.2, 0.25) is 0 Å². The highest BCUT2D eigenvalue weighted by Crippen LogP contribution is 2.19. The Morgan fingerprint density at radius 2 is 0.929 bits per heavy atom. The molecule has 8 heteroatoms. The number of rotatable bonds is 0. The molecule has 28 heavy (non-hydrogen) atoms. The highest BCUT2D eigenvalue weighted by molar-refractivity contribution is 6.06. The van der Waals surface area contributed by atoms with Gasteiger partial charge < -0.3 is 0 Å². The van der Waals surface area contributed by atoms with Gasteiger partial charge in [-0.25, -0.2) is 37.5 Å². The summed E-state index contributed by atoms with van der Waals surface area (Å²) in [5, 5.41) is 0.648. The Morgan fingerprint density at radius 1 is 0.429 bits per heavy atom. The molecule has 0 spiro atoms. The highest BCUT2D eigenvalue weighted by Gasteiger charge is 2.08. The summed E-state index contributed by atoms with van der Waals surface area (Å²) in [6.45, 7) is 0. The van der Waals surface area contributed by atoms with Crippen LogP contribution in [0, 0.1) is 0 Å². The van der Waals surface area contributed by atoms with Crippen LogP contribution < -0.4 is 22.5 Å². The summed E-state index contributed by atoms with van der Waals surface area (Å²) < 4.78 is 18.4. The molecule has 0 aliphatic carbocycles. The molecule has 2 heterocycles. The first-order chi connectivity index (χ1) is 13.5. The lowest BCUT2D eigenvalue weighted by atomic mass is 10.1. The first-order valence-corrected chi connectivity index (χ1v) is 8.03. The topological polar surface area (TPSA) is 121 Å². The maximum atomic E-state index is 12.6. The van der Waals surface area contributed by atoms with Crippen LogP contribution in [0.4, 0.5) is 0 Å². The molecule has 0 radical (unpaired) electrons. The summed E-state index contributed by atoms with van der Waals surface area (Å²) in [5.74, 6) is 0. The van der Waals surface area contributed by atoms with E-state index in [1.165, 1.54) is 30.3 Å². The average molecular weight is 378 g/mol. The predicted molar refractivity (Wildman–Crippen MR) is 99.5 cm³/mol. The van der Waals surface area contributed by atoms with Crippen molar-refractivity contribution in [2.45, 2.75) is 0 Å². The number of hydrogen-bond acceptors (Lipinski definition) is 8. The zero-order valence-electron chi connectivity index (χ0n) is 14.0. The molecule has 0 unspecified atom stereocenters. The first-order valence-electron chi connectivity index (χ1n) is 8.03. The van der Waals surface area contributed by atoms with E-state index in [-0.39, 0.29) is 21.5 Å². The van der Waals surface area contributed by atoms with Crippen LogP contribution in [-0.2, 0) is 0 Å². The van der Waals surface area contributed by atoms with Gasteiger partial charge in [-0.3, -0.25) is 0 Å². The number of fused-ring (bicyclic) bond motifs is 9. The first kappa shape index (κ1) is 17.2. The van der Waals surface area contributed by atoms with Gasteiger partial charge in [0, 0.05) is 0 Å². The van der Waals surface area contributed by atoms with Crippen molar-refractivity contribution in [3.8, 4) is 0 Å². The molecular formula is C20H10O8. The maximum absolute atomic E-state index is 12.6. The van der Waals surface area contributed by atoms with Crippen molar-refractivity contribution in [1.29, 1.82) is 0 Å². The van der Waals surface area contributed by atoms with Gasteiger partial charge in [0.05, 0.1) is 21.5 Å². The van der Waals surface area contributed by atoms with E-state index in [1.807, 2.05) is 0 Å². The van der Waals surface area contributed by atoms with Gasteiger partial charge in [0.1, 0.15) is 0 Å². The average Bonchev–Trinajstić information content (AvgIpc) is 2.74. The Morgan fingerprint density at radius 3 is 1.57 bits per heavy atom. The van der Waals surface area contributed by atoms with Gasteiger partial charge in [0.15, 0.2) is 0 Å². The van der Waals surface area contributed by atoms with Gasteiger partial charge in [-0.15, -0.1) is 0 Å². The Bertz CT molecular complexity index is 1530. The van der Waals surface area contributed by atoms with E-state index in [4.69, 9.17) is 0 Å². The largest absolute Gasteiger partial charge is 0.387 e. The van der Waals surface area contributed by atoms with Crippen molar-refractivity contribution >= 4 is 32.3 Å². The lowest BCUT2D eigenvalue weighted by Gasteiger charge is -1.97. The zero-order chi connectivity index (χ0) is 19.7. The Balaban J connectivity index is 2.32. The molecule has 2 bridgehead atoms. The molecule has 0 aliphatic rings. The molecule has 5 aromatic rings. The zero-order valence-corrected chi connectivity index (χ0v) is 14.0. The Labute approximate surface area is 153 Å². The van der Waals surface area contributed by atoms with Crippen LogP contribution in [0.25, 0.3) is 32.3 Å². The molecular weight excluding hydrogens is 368 g/mol. The minimum absolute atomic E-state index is 0.0385. The van der Waals surface area contributed by atoms with Gasteiger partial charge >= 0.3 is 22.5 Å². The third kappa shape index (κ3) is 3.03. The molecule has 2 aromatic heterocycles. The molecule has 0 atom stereocenters. The summed E-state index contributed by atoms with van der Waals surface area (Å²) in [4.78, 5) is 49.1. The Hall–Kier alpha value is -4.20. The predicted octanol–water partition coefficient (Wildman–Crippen LogP) is 2.65. The smallest absolute Gasteiger partial charge is 0.242 e. The van der Waals surface area contributed by atoms with E-state index in [1.54, 1.807) is 30.3 Å². The van der Waals surface area contributed by atoms with Crippen molar-refractivity contribution in [3.63, 3.8) is 0 Å². The van der Waals surface area contributed by atoms with Crippen LogP contribution in [0.1, 0.15) is 0 Å². The molecule has 0 saturated carbocycles. The molecule has 0 N–H and O–H groups in total. The minimum Gasteiger partial charge on any atom is -0.242 e. The standard InChI is InChI=1S/C20H10O8/c21-17-12-5-7-13(8-6-12)18(22)26-28-20(24)16-14-4-2-1-3-11(14)9-10-15(16)19(23)27-25-17/h1-10H. The molecule has 0 saturated heterocycles. The SMILES string of the molecule is O=c1ooc(=O)c2ccc3ccccc3c2c(=O)ooc(=O)c2ccc1cc2. The van der Waals surface area contributed by atoms with E-state index in [9.17, 15) is 19.2 Å². The van der Waals surface area contributed by atoms with Crippen LogP contribution in [0.3, 0.4) is 0 Å². The second-order valence-corrected chi connectivity index (χ2v) is 5.77. The van der Waals surface area contributed by atoms with Gasteiger partial charge in [-0.2, -0.15) is 0 Å². The van der Waals surface area contributed by atoms with Crippen LogP contribution in [0.15, 0.2) is 98.1 Å². The van der Waals surface area contributed by atoms with Gasteiger partial charge in [-0.1, -0.05) is 30.3 Å². The van der Waals surface area contributed by atoms with E-state index >= 15 is 0 Å². The summed E-state index contributed by atoms with van der Waals surface area (Å²) in [7, 11) is 0. The van der Waals surface area contributed by atoms with Crippen LogP contribution >= 0.6 is 0 Å². The summed E-state index contributed by atoms with van der Waals surface area (Å²) in [5.41, 5.74) is -4.08. The maximum Gasteiger partial charge on any atom is 0.387 e. The van der Waals surface area contributed by atoms with Crippen molar-refractivity contribution in [3.05, 3.63) is 102 Å². The lowest BCUT2D eigenvalue weighted by molar-refractivity contribution is 0.0228. The van der Waals surface area contributed by atoms with Crippen LogP contribution in [-0.4, -0.2) is 0 Å².